The largest absolute Gasteiger partial charge is 0.393 e. The van der Waals surface area contributed by atoms with Crippen molar-refractivity contribution >= 4 is 11.8 Å². The lowest BCUT2D eigenvalue weighted by Crippen LogP contribution is -2.79. The van der Waals surface area contributed by atoms with Gasteiger partial charge in [0.2, 0.25) is 11.8 Å². The second kappa shape index (κ2) is 13.4. The summed E-state index contributed by atoms with van der Waals surface area (Å²) in [5.74, 6) is 3.99. The number of carbonyl (C=O) groups is 2. The lowest BCUT2D eigenvalue weighted by Gasteiger charge is -2.73. The van der Waals surface area contributed by atoms with Crippen molar-refractivity contribution in [3.05, 3.63) is 70.8 Å². The molecule has 2 amide bonds. The highest BCUT2D eigenvalue weighted by molar-refractivity contribution is 5.81. The van der Waals surface area contributed by atoms with Gasteiger partial charge in [0.05, 0.1) is 11.6 Å². The summed E-state index contributed by atoms with van der Waals surface area (Å²) < 4.78 is 0. The Morgan fingerprint density at radius 2 is 1.27 bits per heavy atom. The SMILES string of the molecule is Cc1ccc(C2CC3NC(=O)CC(C45CC(c6ccc(C)cc6)[C@@H]6[C@@H](CC[C@]7(C)C(O)CC[C@@H]67)[C@@]4(C)CCC(=O)N5)[C@]3(C)[C@@H]3CC[C@]4(C)C(NC5CC5)CC[C@H]4[C@H]23)cc1. The number of fused-ring (bicyclic) bond motifs is 10. The van der Waals surface area contributed by atoms with Gasteiger partial charge in [0.1, 0.15) is 0 Å². The maximum atomic E-state index is 14.6. The summed E-state index contributed by atoms with van der Waals surface area (Å²) in [4.78, 5) is 29.0. The van der Waals surface area contributed by atoms with Crippen molar-refractivity contribution in [3.8, 4) is 0 Å². The molecule has 2 aromatic rings. The van der Waals surface area contributed by atoms with Gasteiger partial charge in [-0.2, -0.15) is 0 Å². The van der Waals surface area contributed by atoms with Crippen LogP contribution in [0.2, 0.25) is 0 Å². The minimum absolute atomic E-state index is 0.0389. The van der Waals surface area contributed by atoms with Gasteiger partial charge in [-0.05, 0) is 183 Å². The summed E-state index contributed by atoms with van der Waals surface area (Å²) in [6.45, 7) is 14.7. The number of piperidine rings is 2. The first-order chi connectivity index (χ1) is 28.2. The normalized spacial score (nSPS) is 49.9. The van der Waals surface area contributed by atoms with Gasteiger partial charge in [-0.3, -0.25) is 9.59 Å². The van der Waals surface area contributed by atoms with Crippen LogP contribution < -0.4 is 16.0 Å². The van der Waals surface area contributed by atoms with Crippen molar-refractivity contribution in [1.29, 1.82) is 0 Å². The fourth-order valence-corrected chi connectivity index (χ4v) is 18.1. The van der Waals surface area contributed by atoms with Crippen molar-refractivity contribution in [1.82, 2.24) is 16.0 Å². The van der Waals surface area contributed by atoms with Gasteiger partial charge in [0.25, 0.3) is 0 Å². The first kappa shape index (κ1) is 39.2. The van der Waals surface area contributed by atoms with Crippen LogP contribution in [0, 0.1) is 76.9 Å². The number of rotatable bonds is 5. The summed E-state index contributed by atoms with van der Waals surface area (Å²) in [5.41, 5.74) is 4.80. The third-order valence-corrected chi connectivity index (χ3v) is 21.3. The number of hydrogen-bond acceptors (Lipinski definition) is 4. The van der Waals surface area contributed by atoms with E-state index < -0.39 is 5.54 Å². The molecule has 0 aromatic heterocycles. The summed E-state index contributed by atoms with van der Waals surface area (Å²) in [7, 11) is 0. The lowest BCUT2D eigenvalue weighted by molar-refractivity contribution is -0.212. The molecule has 0 bridgehead atoms. The molecule has 0 spiro atoms. The molecule has 7 aliphatic carbocycles. The minimum atomic E-state index is -0.511. The molecule has 2 aromatic carbocycles. The molecule has 7 saturated carbocycles. The Morgan fingerprint density at radius 3 is 1.97 bits per heavy atom. The van der Waals surface area contributed by atoms with Crippen molar-refractivity contribution in [2.45, 2.75) is 179 Å². The quantitative estimate of drug-likeness (QED) is 0.243. The molecule has 2 aliphatic heterocycles. The maximum absolute atomic E-state index is 14.6. The Bertz CT molecular complexity index is 1990. The number of nitrogens with one attached hydrogen (secondary N) is 3. The van der Waals surface area contributed by atoms with E-state index in [1.165, 1.54) is 60.8 Å². The molecule has 318 valence electrons. The molecule has 9 aliphatic rings. The number of carbonyl (C=O) groups excluding carboxylic acids is 2. The molecule has 7 unspecified atom stereocenters. The van der Waals surface area contributed by atoms with E-state index in [2.05, 4.69) is 106 Å². The predicted octanol–water partition coefficient (Wildman–Crippen LogP) is 9.51. The molecule has 9 fully saturated rings. The van der Waals surface area contributed by atoms with Gasteiger partial charge >= 0.3 is 0 Å². The van der Waals surface area contributed by atoms with Crippen LogP contribution in [0.4, 0.5) is 0 Å². The molecule has 0 radical (unpaired) electrons. The molecule has 17 atom stereocenters. The number of aliphatic hydroxyl groups excluding tert-OH is 1. The fourth-order valence-electron chi connectivity index (χ4n) is 18.1. The average molecular weight is 800 g/mol. The highest BCUT2D eigenvalue weighted by Crippen LogP contribution is 2.75. The fraction of sp³-hybridized carbons (Fsp3) is 0.736. The van der Waals surface area contributed by atoms with Crippen LogP contribution in [0.15, 0.2) is 48.5 Å². The Hall–Kier alpha value is -2.70. The second-order valence-electron chi connectivity index (χ2n) is 23.5. The van der Waals surface area contributed by atoms with Crippen LogP contribution in [0.3, 0.4) is 0 Å². The van der Waals surface area contributed by atoms with Crippen molar-refractivity contribution in [3.63, 3.8) is 0 Å². The van der Waals surface area contributed by atoms with Gasteiger partial charge in [-0.25, -0.2) is 0 Å². The Labute approximate surface area is 354 Å². The topological polar surface area (TPSA) is 90.5 Å². The second-order valence-corrected chi connectivity index (χ2v) is 23.5. The van der Waals surface area contributed by atoms with Crippen LogP contribution in [0.5, 0.6) is 0 Å². The van der Waals surface area contributed by atoms with Crippen LogP contribution >= 0.6 is 0 Å². The van der Waals surface area contributed by atoms with E-state index in [0.29, 0.717) is 66.4 Å². The molecule has 4 N–H and O–H groups in total. The van der Waals surface area contributed by atoms with Gasteiger partial charge in [-0.15, -0.1) is 0 Å². The molecular formula is C53H73N3O3. The van der Waals surface area contributed by atoms with E-state index in [9.17, 15) is 14.7 Å². The van der Waals surface area contributed by atoms with Crippen LogP contribution in [0.1, 0.15) is 158 Å². The highest BCUT2D eigenvalue weighted by atomic mass is 16.3. The number of aryl methyl sites for hydroxylation is 2. The Balaban J connectivity index is 1.07. The zero-order valence-corrected chi connectivity index (χ0v) is 37.0. The minimum Gasteiger partial charge on any atom is -0.393 e. The highest BCUT2D eigenvalue weighted by Gasteiger charge is 2.74. The molecule has 6 nitrogen and oxygen atoms in total. The predicted molar refractivity (Wildman–Crippen MR) is 233 cm³/mol. The van der Waals surface area contributed by atoms with E-state index in [-0.39, 0.29) is 57.5 Å². The van der Waals surface area contributed by atoms with E-state index in [1.54, 1.807) is 0 Å². The summed E-state index contributed by atoms with van der Waals surface area (Å²) >= 11 is 0. The average Bonchev–Trinajstić information content (AvgIpc) is 3.90. The maximum Gasteiger partial charge on any atom is 0.220 e. The van der Waals surface area contributed by atoms with Gasteiger partial charge in [0.15, 0.2) is 0 Å². The van der Waals surface area contributed by atoms with Crippen molar-refractivity contribution in [2.24, 2.45) is 63.1 Å². The van der Waals surface area contributed by atoms with Gasteiger partial charge in [-0.1, -0.05) is 87.4 Å². The van der Waals surface area contributed by atoms with Crippen molar-refractivity contribution < 1.29 is 14.7 Å². The zero-order chi connectivity index (χ0) is 40.9. The molecular weight excluding hydrogens is 727 g/mol. The molecule has 2 heterocycles. The molecule has 11 rings (SSSR count). The van der Waals surface area contributed by atoms with Crippen LogP contribution in [-0.4, -0.2) is 46.7 Å². The third kappa shape index (κ3) is 5.48. The van der Waals surface area contributed by atoms with Crippen LogP contribution in [-0.2, 0) is 9.59 Å². The first-order valence-corrected chi connectivity index (χ1v) is 24.4. The van der Waals surface area contributed by atoms with Crippen LogP contribution in [0.25, 0.3) is 0 Å². The van der Waals surface area contributed by atoms with Gasteiger partial charge in [0, 0.05) is 31.0 Å². The number of amides is 2. The van der Waals surface area contributed by atoms with E-state index >= 15 is 0 Å². The standard InChI is InChI=1S/C53H73N3O3/c1-30-7-11-32(12-8-30)35-27-43-52(6,40-22-24-49(3)37(47(35)40)17-19-42(49)54-34-15-16-34)41(28-46(59)55-43)53-29-36(33-13-9-31(2)10-14-33)48-38-18-20-44(57)50(38,4)25-21-39(48)51(53,5)26-23-45(58)56-53/h7-14,34-44,47-48,54,57H,15-29H2,1-6H3,(H,55,59)(H,56,58)/t35?,36?,37-,38-,39+,40+,41?,42?,43?,44?,47-,48-,49-,50-,51+,52-,53?/m0/s1. The summed E-state index contributed by atoms with van der Waals surface area (Å²) in [5, 5.41) is 23.5. The monoisotopic (exact) mass is 800 g/mol. The van der Waals surface area contributed by atoms with E-state index in [0.717, 1.165) is 44.9 Å². The summed E-state index contributed by atoms with van der Waals surface area (Å²) in [6, 6.07) is 20.2. The molecule has 6 heteroatoms. The molecule has 2 saturated heterocycles. The van der Waals surface area contributed by atoms with E-state index in [1.807, 2.05) is 0 Å². The Kier molecular flexibility index (Phi) is 8.90. The number of benzene rings is 2. The van der Waals surface area contributed by atoms with Gasteiger partial charge < -0.3 is 21.1 Å². The number of aliphatic hydroxyl groups is 1. The summed E-state index contributed by atoms with van der Waals surface area (Å²) in [6.07, 6.45) is 15.3. The zero-order valence-electron chi connectivity index (χ0n) is 37.0. The molecule has 59 heavy (non-hydrogen) atoms. The lowest BCUT2D eigenvalue weighted by atomic mass is 9.34. The third-order valence-electron chi connectivity index (χ3n) is 21.3. The van der Waals surface area contributed by atoms with Crippen molar-refractivity contribution in [2.75, 3.05) is 0 Å². The Morgan fingerprint density at radius 1 is 0.661 bits per heavy atom. The smallest absolute Gasteiger partial charge is 0.220 e. The van der Waals surface area contributed by atoms with E-state index in [4.69, 9.17) is 0 Å². The number of hydrogen-bond donors (Lipinski definition) is 4. The first-order valence-electron chi connectivity index (χ1n) is 24.4.